The molecule has 1 N–H and O–H groups in total. The van der Waals surface area contributed by atoms with Crippen LogP contribution in [0.3, 0.4) is 0 Å². The number of aliphatic hydroxyl groups is 1. The lowest BCUT2D eigenvalue weighted by Gasteiger charge is -2.21. The Morgan fingerprint density at radius 2 is 1.96 bits per heavy atom. The molecule has 0 aromatic heterocycles. The summed E-state index contributed by atoms with van der Waals surface area (Å²) in [5.41, 5.74) is 4.09. The Hall–Kier alpha value is -1.94. The lowest BCUT2D eigenvalue weighted by Crippen LogP contribution is -2.05. The van der Waals surface area contributed by atoms with Gasteiger partial charge in [0.05, 0.1) is 11.7 Å². The first-order valence-corrected chi connectivity index (χ1v) is 10.7. The van der Waals surface area contributed by atoms with Crippen LogP contribution in [0.1, 0.15) is 89.2 Å². The van der Waals surface area contributed by atoms with Crippen LogP contribution in [-0.4, -0.2) is 5.11 Å². The number of rotatable bonds is 9. The lowest BCUT2D eigenvalue weighted by molar-refractivity contribution is 0.386. The van der Waals surface area contributed by atoms with Crippen molar-refractivity contribution in [2.75, 3.05) is 0 Å². The highest BCUT2D eigenvalue weighted by Gasteiger charge is 2.13. The van der Waals surface area contributed by atoms with Crippen LogP contribution >= 0.6 is 0 Å². The van der Waals surface area contributed by atoms with E-state index in [2.05, 4.69) is 49.8 Å². The molecule has 1 aliphatic rings. The first-order chi connectivity index (χ1) is 13.1. The molecule has 0 heterocycles. The molecule has 1 heteroatoms. The number of benzene rings is 1. The molecule has 148 valence electrons. The second-order valence-corrected chi connectivity index (χ2v) is 7.35. The van der Waals surface area contributed by atoms with Crippen LogP contribution in [0.15, 0.2) is 48.3 Å². The maximum atomic E-state index is 9.38. The van der Waals surface area contributed by atoms with Crippen LogP contribution < -0.4 is 0 Å². The Labute approximate surface area is 167 Å². The highest BCUT2D eigenvalue weighted by atomic mass is 16.3. The Bertz CT molecular complexity index is 615. The molecule has 1 nitrogen and oxygen atoms in total. The van der Waals surface area contributed by atoms with Crippen molar-refractivity contribution in [1.82, 2.24) is 0 Å². The molecule has 1 aromatic rings. The maximum absolute atomic E-state index is 9.38. The fourth-order valence-electron chi connectivity index (χ4n) is 3.72. The number of terminal acetylenes is 1. The summed E-state index contributed by atoms with van der Waals surface area (Å²) in [6.07, 6.45) is 18.9. The molecule has 0 bridgehead atoms. The standard InChI is InChI=1S/C24H32O.C2H6/c1-4-6-8-21-9-7-10-22(18-21)12-11-20-13-15-24(16-14-20)23(5-2)17-19(3)25;1-2/h2,13-16,18,21,23,25H,3-4,6-12,17H2,1H3;1-2H3. The normalized spacial score (nSPS) is 17.1. The van der Waals surface area contributed by atoms with E-state index in [1.165, 1.54) is 50.5 Å². The van der Waals surface area contributed by atoms with Gasteiger partial charge in [-0.1, -0.05) is 82.0 Å². The second kappa shape index (κ2) is 13.3. The quantitative estimate of drug-likeness (QED) is 0.269. The molecule has 0 radical (unpaired) electrons. The zero-order chi connectivity index (χ0) is 20.1. The van der Waals surface area contributed by atoms with E-state index in [9.17, 15) is 5.11 Å². The van der Waals surface area contributed by atoms with Gasteiger partial charge in [0.2, 0.25) is 0 Å². The molecule has 0 aliphatic heterocycles. The summed E-state index contributed by atoms with van der Waals surface area (Å²) in [7, 11) is 0. The van der Waals surface area contributed by atoms with Crippen molar-refractivity contribution >= 4 is 0 Å². The van der Waals surface area contributed by atoms with Gasteiger partial charge in [0.1, 0.15) is 0 Å². The van der Waals surface area contributed by atoms with Crippen molar-refractivity contribution in [2.45, 2.75) is 84.5 Å². The predicted molar refractivity (Wildman–Crippen MR) is 119 cm³/mol. The highest BCUT2D eigenvalue weighted by molar-refractivity contribution is 5.31. The van der Waals surface area contributed by atoms with E-state index in [1.54, 1.807) is 5.57 Å². The lowest BCUT2D eigenvalue weighted by atomic mass is 9.85. The van der Waals surface area contributed by atoms with Crippen LogP contribution in [0.25, 0.3) is 0 Å². The van der Waals surface area contributed by atoms with Gasteiger partial charge in [0.25, 0.3) is 0 Å². The average Bonchev–Trinajstić information content (AvgIpc) is 2.71. The van der Waals surface area contributed by atoms with Gasteiger partial charge in [-0.25, -0.2) is 0 Å². The van der Waals surface area contributed by atoms with E-state index in [0.717, 1.165) is 17.9 Å². The van der Waals surface area contributed by atoms with Gasteiger partial charge < -0.3 is 5.11 Å². The van der Waals surface area contributed by atoms with Crippen molar-refractivity contribution in [2.24, 2.45) is 5.92 Å². The topological polar surface area (TPSA) is 20.2 Å². The number of hydrogen-bond donors (Lipinski definition) is 1. The second-order valence-electron chi connectivity index (χ2n) is 7.35. The third-order valence-electron chi connectivity index (χ3n) is 5.23. The molecule has 0 saturated heterocycles. The molecule has 2 rings (SSSR count). The van der Waals surface area contributed by atoms with Gasteiger partial charge in [0.15, 0.2) is 0 Å². The van der Waals surface area contributed by atoms with Crippen molar-refractivity contribution in [3.05, 3.63) is 59.4 Å². The van der Waals surface area contributed by atoms with Crippen molar-refractivity contribution in [3.8, 4) is 12.3 Å². The smallest absolute Gasteiger partial charge is 0.0866 e. The Morgan fingerprint density at radius 3 is 2.56 bits per heavy atom. The summed E-state index contributed by atoms with van der Waals surface area (Å²) in [5.74, 6) is 3.61. The van der Waals surface area contributed by atoms with E-state index in [0.29, 0.717) is 6.42 Å². The van der Waals surface area contributed by atoms with Crippen LogP contribution in [0.5, 0.6) is 0 Å². The summed E-state index contributed by atoms with van der Waals surface area (Å²) in [6, 6.07) is 8.56. The first kappa shape index (κ1) is 23.1. The van der Waals surface area contributed by atoms with Crippen LogP contribution in [0.2, 0.25) is 0 Å². The number of allylic oxidation sites excluding steroid dienone is 3. The van der Waals surface area contributed by atoms with E-state index < -0.39 is 0 Å². The average molecular weight is 367 g/mol. The monoisotopic (exact) mass is 366 g/mol. The molecule has 1 aromatic carbocycles. The number of aryl methyl sites for hydroxylation is 1. The molecule has 0 amide bonds. The van der Waals surface area contributed by atoms with Gasteiger partial charge in [-0.2, -0.15) is 0 Å². The van der Waals surface area contributed by atoms with Gasteiger partial charge in [0, 0.05) is 6.42 Å². The molecular formula is C26H38O. The zero-order valence-corrected chi connectivity index (χ0v) is 17.6. The van der Waals surface area contributed by atoms with E-state index >= 15 is 0 Å². The molecular weight excluding hydrogens is 328 g/mol. The molecule has 27 heavy (non-hydrogen) atoms. The minimum absolute atomic E-state index is 0.0908. The maximum Gasteiger partial charge on any atom is 0.0866 e. The van der Waals surface area contributed by atoms with E-state index in [1.807, 2.05) is 13.8 Å². The molecule has 2 atom stereocenters. The predicted octanol–water partition coefficient (Wildman–Crippen LogP) is 7.74. The molecule has 2 unspecified atom stereocenters. The number of aliphatic hydroxyl groups excluding tert-OH is 1. The Morgan fingerprint density at radius 1 is 1.26 bits per heavy atom. The van der Waals surface area contributed by atoms with Crippen molar-refractivity contribution in [1.29, 1.82) is 0 Å². The summed E-state index contributed by atoms with van der Waals surface area (Å²) in [5, 5.41) is 9.38. The third-order valence-corrected chi connectivity index (χ3v) is 5.23. The number of hydrogen-bond acceptors (Lipinski definition) is 1. The fourth-order valence-corrected chi connectivity index (χ4v) is 3.72. The Kier molecular flexibility index (Phi) is 11.3. The minimum Gasteiger partial charge on any atom is -0.513 e. The summed E-state index contributed by atoms with van der Waals surface area (Å²) >= 11 is 0. The summed E-state index contributed by atoms with van der Waals surface area (Å²) < 4.78 is 0. The van der Waals surface area contributed by atoms with Crippen molar-refractivity contribution in [3.63, 3.8) is 0 Å². The van der Waals surface area contributed by atoms with Gasteiger partial charge in [-0.15, -0.1) is 6.42 Å². The van der Waals surface area contributed by atoms with Crippen LogP contribution in [0.4, 0.5) is 0 Å². The summed E-state index contributed by atoms with van der Waals surface area (Å²) in [6.45, 7) is 9.82. The minimum atomic E-state index is -0.0908. The highest BCUT2D eigenvalue weighted by Crippen LogP contribution is 2.29. The SMILES string of the molecule is C#CC(CC(=C)O)c1ccc(CCC2=CC(CCCC)CCC2)cc1.CC. The first-order valence-electron chi connectivity index (χ1n) is 10.7. The third kappa shape index (κ3) is 8.53. The van der Waals surface area contributed by atoms with Gasteiger partial charge >= 0.3 is 0 Å². The fraction of sp³-hybridized carbons (Fsp3) is 0.538. The van der Waals surface area contributed by atoms with E-state index in [-0.39, 0.29) is 11.7 Å². The molecule has 0 fully saturated rings. The van der Waals surface area contributed by atoms with Crippen LogP contribution in [0, 0.1) is 18.3 Å². The van der Waals surface area contributed by atoms with Gasteiger partial charge in [-0.3, -0.25) is 0 Å². The van der Waals surface area contributed by atoms with Crippen LogP contribution in [-0.2, 0) is 6.42 Å². The van der Waals surface area contributed by atoms with E-state index in [4.69, 9.17) is 6.42 Å². The molecule has 0 spiro atoms. The summed E-state index contributed by atoms with van der Waals surface area (Å²) in [4.78, 5) is 0. The Balaban J connectivity index is 0.00000176. The molecule has 1 aliphatic carbocycles. The largest absolute Gasteiger partial charge is 0.513 e. The van der Waals surface area contributed by atoms with Crippen molar-refractivity contribution < 1.29 is 5.11 Å². The van der Waals surface area contributed by atoms with Gasteiger partial charge in [-0.05, 0) is 55.6 Å². The zero-order valence-electron chi connectivity index (χ0n) is 17.6. The molecule has 0 saturated carbocycles. The number of unbranched alkanes of at least 4 members (excludes halogenated alkanes) is 1.